The molecule has 0 aliphatic heterocycles. The Labute approximate surface area is 151 Å². The molecular formula is C22H18O4. The van der Waals surface area contributed by atoms with Gasteiger partial charge in [-0.25, -0.2) is 4.79 Å². The van der Waals surface area contributed by atoms with Crippen LogP contribution in [0.2, 0.25) is 0 Å². The zero-order valence-corrected chi connectivity index (χ0v) is 14.1. The number of esters is 1. The first kappa shape index (κ1) is 17.5. The second-order valence-corrected chi connectivity index (χ2v) is 5.54. The summed E-state index contributed by atoms with van der Waals surface area (Å²) in [5.41, 5.74) is 3.38. The summed E-state index contributed by atoms with van der Waals surface area (Å²) in [4.78, 5) is 12.3. The monoisotopic (exact) mass is 346 g/mol. The number of rotatable bonds is 6. The van der Waals surface area contributed by atoms with Crippen molar-refractivity contribution in [2.24, 2.45) is 0 Å². The summed E-state index contributed by atoms with van der Waals surface area (Å²) in [7, 11) is 0. The van der Waals surface area contributed by atoms with Crippen LogP contribution in [-0.2, 0) is 0 Å². The minimum Gasteiger partial charge on any atom is -0.468 e. The molecule has 3 aromatic carbocycles. The number of hydrogen-bond donors (Lipinski definition) is 1. The van der Waals surface area contributed by atoms with Gasteiger partial charge in [-0.15, -0.1) is 0 Å². The normalized spacial score (nSPS) is 10.2. The van der Waals surface area contributed by atoms with Crippen LogP contribution in [0.25, 0.3) is 17.2 Å². The molecule has 0 atom stereocenters. The third-order valence-electron chi connectivity index (χ3n) is 3.87. The summed E-state index contributed by atoms with van der Waals surface area (Å²) in [5.74, 6) is 0.678. The Hall–Kier alpha value is -3.37. The molecule has 0 amide bonds. The molecule has 4 nitrogen and oxygen atoms in total. The third kappa shape index (κ3) is 4.18. The smallest absolute Gasteiger partial charge is 0.343 e. The van der Waals surface area contributed by atoms with Gasteiger partial charge in [0, 0.05) is 0 Å². The van der Waals surface area contributed by atoms with Gasteiger partial charge >= 0.3 is 5.97 Å². The fourth-order valence-corrected chi connectivity index (χ4v) is 2.45. The maximum absolute atomic E-state index is 12.3. The SMILES string of the molecule is C=Cc1ccc(OC(=O)c2ccc(-c3ccc(OCO)cc3)cc2)cc1. The van der Waals surface area contributed by atoms with Crippen molar-refractivity contribution in [3.63, 3.8) is 0 Å². The fourth-order valence-electron chi connectivity index (χ4n) is 2.45. The molecule has 0 aliphatic carbocycles. The molecule has 0 saturated carbocycles. The number of hydrogen-bond acceptors (Lipinski definition) is 4. The van der Waals surface area contributed by atoms with E-state index in [2.05, 4.69) is 6.58 Å². The average molecular weight is 346 g/mol. The molecule has 0 heterocycles. The highest BCUT2D eigenvalue weighted by atomic mass is 16.6. The number of carbonyl (C=O) groups excluding carboxylic acids is 1. The van der Waals surface area contributed by atoms with E-state index in [0.29, 0.717) is 17.1 Å². The van der Waals surface area contributed by atoms with Crippen LogP contribution in [0.5, 0.6) is 11.5 Å². The predicted molar refractivity (Wildman–Crippen MR) is 101 cm³/mol. The van der Waals surface area contributed by atoms with E-state index in [1.807, 2.05) is 36.4 Å². The summed E-state index contributed by atoms with van der Waals surface area (Å²) < 4.78 is 10.4. The molecule has 0 spiro atoms. The summed E-state index contributed by atoms with van der Waals surface area (Å²) in [6, 6.07) is 21.7. The summed E-state index contributed by atoms with van der Waals surface area (Å²) in [6.07, 6.45) is 1.73. The van der Waals surface area contributed by atoms with Gasteiger partial charge in [0.2, 0.25) is 0 Å². The fraction of sp³-hybridized carbons (Fsp3) is 0.0455. The highest BCUT2D eigenvalue weighted by Crippen LogP contribution is 2.23. The molecule has 4 heteroatoms. The van der Waals surface area contributed by atoms with Gasteiger partial charge in [0.15, 0.2) is 6.79 Å². The van der Waals surface area contributed by atoms with Crippen LogP contribution in [0.4, 0.5) is 0 Å². The van der Waals surface area contributed by atoms with E-state index in [9.17, 15) is 4.79 Å². The first-order chi connectivity index (χ1) is 12.7. The number of aliphatic hydroxyl groups excluding tert-OH is 1. The molecule has 3 aromatic rings. The summed E-state index contributed by atoms with van der Waals surface area (Å²) >= 11 is 0. The topological polar surface area (TPSA) is 55.8 Å². The highest BCUT2D eigenvalue weighted by molar-refractivity contribution is 5.91. The number of ether oxygens (including phenoxy) is 2. The predicted octanol–water partition coefficient (Wildman–Crippen LogP) is 4.54. The molecule has 0 unspecified atom stereocenters. The van der Waals surface area contributed by atoms with Crippen LogP contribution in [0, 0.1) is 0 Å². The van der Waals surface area contributed by atoms with Gasteiger partial charge < -0.3 is 14.6 Å². The lowest BCUT2D eigenvalue weighted by atomic mass is 10.0. The van der Waals surface area contributed by atoms with E-state index in [1.54, 1.807) is 42.5 Å². The Bertz CT molecular complexity index is 879. The molecule has 1 N–H and O–H groups in total. The van der Waals surface area contributed by atoms with Gasteiger partial charge in [-0.2, -0.15) is 0 Å². The second-order valence-electron chi connectivity index (χ2n) is 5.54. The van der Waals surface area contributed by atoms with Crippen LogP contribution in [-0.4, -0.2) is 17.9 Å². The van der Waals surface area contributed by atoms with E-state index in [-0.39, 0.29) is 6.79 Å². The zero-order chi connectivity index (χ0) is 18.4. The lowest BCUT2D eigenvalue weighted by molar-refractivity contribution is 0.0734. The summed E-state index contributed by atoms with van der Waals surface area (Å²) in [5, 5.41) is 8.75. The standard InChI is InChI=1S/C22H18O4/c1-2-16-3-11-21(12-4-16)26-22(24)19-7-5-17(6-8-19)18-9-13-20(14-10-18)25-15-23/h2-14,23H,1,15H2. The molecule has 130 valence electrons. The molecule has 0 aromatic heterocycles. The maximum Gasteiger partial charge on any atom is 0.343 e. The molecule has 0 aliphatic rings. The maximum atomic E-state index is 12.3. The van der Waals surface area contributed by atoms with Crippen molar-refractivity contribution < 1.29 is 19.4 Å². The Balaban J connectivity index is 1.69. The van der Waals surface area contributed by atoms with Crippen molar-refractivity contribution in [3.8, 4) is 22.6 Å². The largest absolute Gasteiger partial charge is 0.468 e. The Morgan fingerprint density at radius 2 is 1.38 bits per heavy atom. The molecule has 3 rings (SSSR count). The highest BCUT2D eigenvalue weighted by Gasteiger charge is 2.09. The molecule has 0 radical (unpaired) electrons. The van der Waals surface area contributed by atoms with E-state index in [1.165, 1.54) is 0 Å². The first-order valence-electron chi connectivity index (χ1n) is 8.08. The van der Waals surface area contributed by atoms with E-state index >= 15 is 0 Å². The molecular weight excluding hydrogens is 328 g/mol. The first-order valence-corrected chi connectivity index (χ1v) is 8.08. The Morgan fingerprint density at radius 3 is 1.92 bits per heavy atom. The van der Waals surface area contributed by atoms with Crippen molar-refractivity contribution >= 4 is 12.0 Å². The van der Waals surface area contributed by atoms with Crippen LogP contribution < -0.4 is 9.47 Å². The number of benzene rings is 3. The lowest BCUT2D eigenvalue weighted by Crippen LogP contribution is -2.08. The van der Waals surface area contributed by atoms with Gasteiger partial charge in [-0.1, -0.05) is 49.1 Å². The minimum atomic E-state index is -0.408. The van der Waals surface area contributed by atoms with Crippen LogP contribution in [0.1, 0.15) is 15.9 Å². The minimum absolute atomic E-state index is 0.355. The Morgan fingerprint density at radius 1 is 0.846 bits per heavy atom. The Kier molecular flexibility index (Phi) is 5.46. The van der Waals surface area contributed by atoms with Crippen LogP contribution in [0.15, 0.2) is 79.4 Å². The quantitative estimate of drug-likeness (QED) is 0.404. The van der Waals surface area contributed by atoms with Crippen LogP contribution in [0.3, 0.4) is 0 Å². The zero-order valence-electron chi connectivity index (χ0n) is 14.1. The van der Waals surface area contributed by atoms with Gasteiger partial charge in [-0.3, -0.25) is 0 Å². The third-order valence-corrected chi connectivity index (χ3v) is 3.87. The van der Waals surface area contributed by atoms with E-state index < -0.39 is 5.97 Å². The lowest BCUT2D eigenvalue weighted by Gasteiger charge is -2.07. The van der Waals surface area contributed by atoms with Crippen molar-refractivity contribution in [1.82, 2.24) is 0 Å². The van der Waals surface area contributed by atoms with Crippen LogP contribution >= 0.6 is 0 Å². The average Bonchev–Trinajstić information content (AvgIpc) is 2.69. The molecule has 26 heavy (non-hydrogen) atoms. The van der Waals surface area contributed by atoms with Crippen molar-refractivity contribution in [2.45, 2.75) is 0 Å². The van der Waals surface area contributed by atoms with Crippen molar-refractivity contribution in [1.29, 1.82) is 0 Å². The molecule has 0 saturated heterocycles. The van der Waals surface area contributed by atoms with Gasteiger partial charge in [-0.05, 0) is 53.1 Å². The number of carbonyl (C=O) groups is 1. The second kappa shape index (κ2) is 8.14. The van der Waals surface area contributed by atoms with E-state index in [0.717, 1.165) is 16.7 Å². The van der Waals surface area contributed by atoms with Gasteiger partial charge in [0.1, 0.15) is 11.5 Å². The van der Waals surface area contributed by atoms with E-state index in [4.69, 9.17) is 14.6 Å². The molecule has 0 bridgehead atoms. The van der Waals surface area contributed by atoms with Gasteiger partial charge in [0.05, 0.1) is 5.56 Å². The number of aliphatic hydroxyl groups is 1. The molecule has 0 fully saturated rings. The van der Waals surface area contributed by atoms with Crippen molar-refractivity contribution in [3.05, 3.63) is 90.5 Å². The summed E-state index contributed by atoms with van der Waals surface area (Å²) in [6.45, 7) is 3.34. The van der Waals surface area contributed by atoms with Crippen molar-refractivity contribution in [2.75, 3.05) is 6.79 Å². The van der Waals surface area contributed by atoms with Gasteiger partial charge in [0.25, 0.3) is 0 Å².